The van der Waals surface area contributed by atoms with Crippen molar-refractivity contribution in [3.8, 4) is 0 Å². The molecule has 0 saturated carbocycles. The highest BCUT2D eigenvalue weighted by Gasteiger charge is 2.04. The summed E-state index contributed by atoms with van der Waals surface area (Å²) in [5, 5.41) is 8.76. The van der Waals surface area contributed by atoms with Crippen molar-refractivity contribution in [2.45, 2.75) is 32.7 Å². The molecule has 10 heavy (non-hydrogen) atoms. The largest absolute Gasteiger partial charge is 0.395 e. The average Bonchev–Trinajstić information content (AvgIpc) is 1.98. The number of unbranched alkanes of at least 4 members (excludes halogenated alkanes) is 1. The molecule has 1 N–H and O–H groups in total. The fraction of sp³-hybridized carbons (Fsp3) is 1.00. The van der Waals surface area contributed by atoms with Gasteiger partial charge in [0.15, 0.2) is 0 Å². The molecule has 2 heteroatoms. The fourth-order valence-electron chi connectivity index (χ4n) is 0.767. The molecule has 0 heterocycles. The zero-order valence-electron chi connectivity index (χ0n) is 7.30. The van der Waals surface area contributed by atoms with Crippen molar-refractivity contribution < 1.29 is 5.11 Å². The Labute approximate surface area is 63.8 Å². The minimum Gasteiger partial charge on any atom is -0.395 e. The second kappa shape index (κ2) is 5.69. The van der Waals surface area contributed by atoms with E-state index in [1.165, 1.54) is 12.8 Å². The first-order chi connectivity index (χ1) is 4.72. The number of nitrogens with zero attached hydrogens (tertiary/aromatic N) is 1. The first kappa shape index (κ1) is 9.92. The lowest BCUT2D eigenvalue weighted by atomic mass is 10.2. The van der Waals surface area contributed by atoms with Gasteiger partial charge in [0.1, 0.15) is 0 Å². The van der Waals surface area contributed by atoms with Crippen molar-refractivity contribution in [2.24, 2.45) is 0 Å². The molecule has 0 radical (unpaired) electrons. The molecule has 0 spiro atoms. The predicted molar refractivity (Wildman–Crippen MR) is 44.1 cm³/mol. The van der Waals surface area contributed by atoms with E-state index in [0.29, 0.717) is 6.04 Å². The third-order valence-corrected chi connectivity index (χ3v) is 1.88. The summed E-state index contributed by atoms with van der Waals surface area (Å²) in [7, 11) is 2.05. The second-order valence-electron chi connectivity index (χ2n) is 2.87. The van der Waals surface area contributed by atoms with Gasteiger partial charge in [-0.15, -0.1) is 0 Å². The van der Waals surface area contributed by atoms with Crippen LogP contribution in [0.4, 0.5) is 0 Å². The van der Waals surface area contributed by atoms with E-state index in [-0.39, 0.29) is 6.61 Å². The highest BCUT2D eigenvalue weighted by Crippen LogP contribution is 1.96. The van der Waals surface area contributed by atoms with Crippen molar-refractivity contribution >= 4 is 0 Å². The molecule has 0 fully saturated rings. The van der Waals surface area contributed by atoms with Crippen LogP contribution < -0.4 is 0 Å². The van der Waals surface area contributed by atoms with E-state index in [4.69, 9.17) is 5.11 Å². The normalized spacial score (nSPS) is 14.1. The maximum absolute atomic E-state index is 8.76. The summed E-state index contributed by atoms with van der Waals surface area (Å²) in [6, 6.07) is 0.312. The summed E-state index contributed by atoms with van der Waals surface area (Å²) >= 11 is 0. The molecule has 0 aliphatic heterocycles. The Kier molecular flexibility index (Phi) is 5.64. The Morgan fingerprint density at radius 3 is 2.50 bits per heavy atom. The maximum Gasteiger partial charge on any atom is 0.0584 e. The predicted octanol–water partition coefficient (Wildman–Crippen LogP) is 1.10. The first-order valence-corrected chi connectivity index (χ1v) is 4.03. The summed E-state index contributed by atoms with van der Waals surface area (Å²) < 4.78 is 0. The van der Waals surface area contributed by atoms with E-state index in [1.807, 2.05) is 6.92 Å². The third-order valence-electron chi connectivity index (χ3n) is 1.88. The Morgan fingerprint density at radius 1 is 1.50 bits per heavy atom. The van der Waals surface area contributed by atoms with Crippen LogP contribution in [0.2, 0.25) is 0 Å². The van der Waals surface area contributed by atoms with E-state index in [9.17, 15) is 0 Å². The van der Waals surface area contributed by atoms with Crippen molar-refractivity contribution in [2.75, 3.05) is 20.2 Å². The third kappa shape index (κ3) is 3.85. The Balaban J connectivity index is 3.31. The summed E-state index contributed by atoms with van der Waals surface area (Å²) in [6.07, 6.45) is 2.45. The molecular formula is C8H19NO. The van der Waals surface area contributed by atoms with Gasteiger partial charge in [-0.3, -0.25) is 0 Å². The second-order valence-corrected chi connectivity index (χ2v) is 2.87. The van der Waals surface area contributed by atoms with Crippen LogP contribution in [0.25, 0.3) is 0 Å². The summed E-state index contributed by atoms with van der Waals surface area (Å²) in [6.45, 7) is 5.57. The summed E-state index contributed by atoms with van der Waals surface area (Å²) in [5.41, 5.74) is 0. The van der Waals surface area contributed by atoms with Crippen LogP contribution in [0.15, 0.2) is 0 Å². The number of rotatable bonds is 5. The van der Waals surface area contributed by atoms with E-state index in [1.54, 1.807) is 0 Å². The van der Waals surface area contributed by atoms with Crippen molar-refractivity contribution in [1.29, 1.82) is 0 Å². The molecule has 0 amide bonds. The highest BCUT2D eigenvalue weighted by molar-refractivity contribution is 4.60. The number of likely N-dealkylation sites (N-methyl/N-ethyl adjacent to an activating group) is 1. The lowest BCUT2D eigenvalue weighted by molar-refractivity contribution is 0.158. The quantitative estimate of drug-likeness (QED) is 0.626. The van der Waals surface area contributed by atoms with Gasteiger partial charge >= 0.3 is 0 Å². The van der Waals surface area contributed by atoms with Crippen LogP contribution in [0, 0.1) is 0 Å². The van der Waals surface area contributed by atoms with Gasteiger partial charge in [0.2, 0.25) is 0 Å². The van der Waals surface area contributed by atoms with E-state index in [2.05, 4.69) is 18.9 Å². The van der Waals surface area contributed by atoms with Gasteiger partial charge in [0.25, 0.3) is 0 Å². The van der Waals surface area contributed by atoms with E-state index >= 15 is 0 Å². The van der Waals surface area contributed by atoms with Gasteiger partial charge in [-0.25, -0.2) is 0 Å². The minimum absolute atomic E-state index is 0.264. The van der Waals surface area contributed by atoms with Gasteiger partial charge in [-0.2, -0.15) is 0 Å². The molecule has 2 nitrogen and oxygen atoms in total. The summed E-state index contributed by atoms with van der Waals surface area (Å²) in [4.78, 5) is 2.18. The molecule has 0 aliphatic carbocycles. The van der Waals surface area contributed by atoms with Crippen LogP contribution in [0.1, 0.15) is 26.7 Å². The molecular weight excluding hydrogens is 126 g/mol. The zero-order chi connectivity index (χ0) is 7.98. The number of hydrogen-bond acceptors (Lipinski definition) is 2. The van der Waals surface area contributed by atoms with Crippen molar-refractivity contribution in [3.05, 3.63) is 0 Å². The highest BCUT2D eigenvalue weighted by atomic mass is 16.3. The smallest absolute Gasteiger partial charge is 0.0584 e. The first-order valence-electron chi connectivity index (χ1n) is 4.03. The number of aliphatic hydroxyl groups excluding tert-OH is 1. The SMILES string of the molecule is CCCCN(C)[C@H](C)CO. The minimum atomic E-state index is 0.264. The van der Waals surface area contributed by atoms with Gasteiger partial charge in [0, 0.05) is 6.04 Å². The Bertz CT molecular complexity index is 75.7. The Hall–Kier alpha value is -0.0800. The Morgan fingerprint density at radius 2 is 2.10 bits per heavy atom. The van der Waals surface area contributed by atoms with Crippen molar-refractivity contribution in [3.63, 3.8) is 0 Å². The molecule has 0 aromatic carbocycles. The van der Waals surface area contributed by atoms with Crippen LogP contribution in [-0.2, 0) is 0 Å². The van der Waals surface area contributed by atoms with Gasteiger partial charge in [-0.05, 0) is 26.9 Å². The molecule has 62 valence electrons. The van der Waals surface area contributed by atoms with Gasteiger partial charge in [0.05, 0.1) is 6.61 Å². The molecule has 0 aliphatic rings. The van der Waals surface area contributed by atoms with Crippen LogP contribution in [0.3, 0.4) is 0 Å². The van der Waals surface area contributed by atoms with Crippen molar-refractivity contribution in [1.82, 2.24) is 4.90 Å². The van der Waals surface area contributed by atoms with Gasteiger partial charge in [-0.1, -0.05) is 13.3 Å². The van der Waals surface area contributed by atoms with E-state index in [0.717, 1.165) is 6.54 Å². The maximum atomic E-state index is 8.76. The number of hydrogen-bond donors (Lipinski definition) is 1. The molecule has 0 aromatic heterocycles. The molecule has 0 rings (SSSR count). The van der Waals surface area contributed by atoms with Gasteiger partial charge < -0.3 is 10.0 Å². The molecule has 0 bridgehead atoms. The molecule has 0 saturated heterocycles. The van der Waals surface area contributed by atoms with Crippen LogP contribution in [-0.4, -0.2) is 36.2 Å². The number of aliphatic hydroxyl groups is 1. The van der Waals surface area contributed by atoms with Crippen LogP contribution in [0.5, 0.6) is 0 Å². The lowest BCUT2D eigenvalue weighted by Gasteiger charge is -2.22. The molecule has 1 atom stereocenters. The molecule has 0 unspecified atom stereocenters. The zero-order valence-corrected chi connectivity index (χ0v) is 7.30. The lowest BCUT2D eigenvalue weighted by Crippen LogP contribution is -2.32. The van der Waals surface area contributed by atoms with E-state index < -0.39 is 0 Å². The topological polar surface area (TPSA) is 23.5 Å². The summed E-state index contributed by atoms with van der Waals surface area (Å²) in [5.74, 6) is 0. The molecule has 0 aromatic rings. The monoisotopic (exact) mass is 145 g/mol. The fourth-order valence-corrected chi connectivity index (χ4v) is 0.767. The standard InChI is InChI=1S/C8H19NO/c1-4-5-6-9(3)8(2)7-10/h8,10H,4-7H2,1-3H3/t8-/m1/s1. The van der Waals surface area contributed by atoms with Crippen LogP contribution >= 0.6 is 0 Å². The average molecular weight is 145 g/mol.